The van der Waals surface area contributed by atoms with Crippen LogP contribution in [0.2, 0.25) is 15.1 Å². The number of aryl methyl sites for hydroxylation is 1. The molecular formula is C15H10Cl3IN4. The van der Waals surface area contributed by atoms with Gasteiger partial charge in [-0.3, -0.25) is 9.83 Å². The summed E-state index contributed by atoms with van der Waals surface area (Å²) in [4.78, 5) is 4.50. The fraction of sp³-hybridized carbons (Fsp3) is 0.0667. The molecule has 0 aliphatic carbocycles. The van der Waals surface area contributed by atoms with Gasteiger partial charge in [0.05, 0.1) is 33.3 Å². The van der Waals surface area contributed by atoms with E-state index in [9.17, 15) is 0 Å². The van der Waals surface area contributed by atoms with Crippen molar-refractivity contribution in [2.24, 2.45) is 5.10 Å². The molecule has 0 aliphatic heterocycles. The van der Waals surface area contributed by atoms with Crippen molar-refractivity contribution in [1.82, 2.24) is 9.38 Å². The van der Waals surface area contributed by atoms with Crippen molar-refractivity contribution in [3.8, 4) is 0 Å². The molecule has 0 aliphatic rings. The summed E-state index contributed by atoms with van der Waals surface area (Å²) in [5, 5.41) is 5.51. The highest BCUT2D eigenvalue weighted by atomic mass is 127. The minimum Gasteiger partial charge on any atom is -0.297 e. The first kappa shape index (κ1) is 16.8. The van der Waals surface area contributed by atoms with E-state index in [2.05, 4.69) is 38.1 Å². The zero-order valence-corrected chi connectivity index (χ0v) is 16.2. The van der Waals surface area contributed by atoms with Crippen molar-refractivity contribution >= 4 is 74.9 Å². The summed E-state index contributed by atoms with van der Waals surface area (Å²) in [6.45, 7) is 1.93. The molecule has 0 spiro atoms. The third-order valence-electron chi connectivity index (χ3n) is 3.17. The third-order valence-corrected chi connectivity index (χ3v) is 4.63. The van der Waals surface area contributed by atoms with E-state index in [1.807, 2.05) is 29.7 Å². The maximum absolute atomic E-state index is 6.12. The van der Waals surface area contributed by atoms with Gasteiger partial charge in [-0.15, -0.1) is 0 Å². The lowest BCUT2D eigenvalue weighted by Crippen LogP contribution is -1.97. The normalized spacial score (nSPS) is 11.5. The van der Waals surface area contributed by atoms with Gasteiger partial charge in [0.2, 0.25) is 0 Å². The van der Waals surface area contributed by atoms with Crippen LogP contribution in [0.15, 0.2) is 35.6 Å². The fourth-order valence-corrected chi connectivity index (χ4v) is 3.48. The molecular weight excluding hydrogens is 469 g/mol. The maximum atomic E-state index is 6.12. The standard InChI is InChI=1S/C15H10Cl3IN4/c1-8-13(23-7-10(19)2-3-14(23)21-8)6-20-22-15-11(17)4-9(16)5-12(15)18/h2-7,22H,1H3. The summed E-state index contributed by atoms with van der Waals surface area (Å²) in [7, 11) is 0. The SMILES string of the molecule is Cc1nc2ccc(I)cn2c1C=NNc1c(Cl)cc(Cl)cc1Cl. The van der Waals surface area contributed by atoms with Gasteiger partial charge >= 0.3 is 0 Å². The van der Waals surface area contributed by atoms with E-state index in [0.29, 0.717) is 20.8 Å². The summed E-state index contributed by atoms with van der Waals surface area (Å²) < 4.78 is 3.09. The molecule has 2 heterocycles. The number of pyridine rings is 1. The second-order valence-corrected chi connectivity index (χ2v) is 7.27. The Kier molecular flexibility index (Phi) is 5.01. The summed E-state index contributed by atoms with van der Waals surface area (Å²) in [6, 6.07) is 7.19. The molecule has 0 saturated heterocycles. The Balaban J connectivity index is 1.92. The van der Waals surface area contributed by atoms with Crippen molar-refractivity contribution in [1.29, 1.82) is 0 Å². The van der Waals surface area contributed by atoms with E-state index >= 15 is 0 Å². The molecule has 118 valence electrons. The number of fused-ring (bicyclic) bond motifs is 1. The van der Waals surface area contributed by atoms with E-state index < -0.39 is 0 Å². The predicted octanol–water partition coefficient (Wildman–Crippen LogP) is 5.65. The van der Waals surface area contributed by atoms with Gasteiger partial charge < -0.3 is 0 Å². The van der Waals surface area contributed by atoms with Gasteiger partial charge in [0.1, 0.15) is 5.65 Å². The van der Waals surface area contributed by atoms with Gasteiger partial charge in [0, 0.05) is 14.8 Å². The van der Waals surface area contributed by atoms with Crippen LogP contribution in [-0.2, 0) is 0 Å². The molecule has 0 atom stereocenters. The molecule has 0 saturated carbocycles. The van der Waals surface area contributed by atoms with Gasteiger partial charge in [-0.05, 0) is 53.8 Å². The maximum Gasteiger partial charge on any atom is 0.137 e. The Labute approximate surface area is 161 Å². The molecule has 0 fully saturated rings. The average molecular weight is 480 g/mol. The molecule has 0 unspecified atom stereocenters. The second kappa shape index (κ2) is 6.84. The molecule has 1 N–H and O–H groups in total. The van der Waals surface area contributed by atoms with Gasteiger partial charge in [0.25, 0.3) is 0 Å². The number of rotatable bonds is 3. The predicted molar refractivity (Wildman–Crippen MR) is 105 cm³/mol. The van der Waals surface area contributed by atoms with Crippen molar-refractivity contribution in [3.63, 3.8) is 0 Å². The number of benzene rings is 1. The number of nitrogens with zero attached hydrogens (tertiary/aromatic N) is 3. The monoisotopic (exact) mass is 478 g/mol. The van der Waals surface area contributed by atoms with E-state index in [0.717, 1.165) is 20.6 Å². The zero-order chi connectivity index (χ0) is 16.6. The minimum absolute atomic E-state index is 0.407. The zero-order valence-electron chi connectivity index (χ0n) is 11.8. The number of halogens is 4. The Morgan fingerprint density at radius 3 is 2.61 bits per heavy atom. The molecule has 3 aromatic rings. The Morgan fingerprint density at radius 1 is 1.22 bits per heavy atom. The lowest BCUT2D eigenvalue weighted by molar-refractivity contribution is 1.15. The van der Waals surface area contributed by atoms with E-state index in [-0.39, 0.29) is 0 Å². The molecule has 0 amide bonds. The Bertz CT molecular complexity index is 897. The first-order valence-electron chi connectivity index (χ1n) is 6.53. The van der Waals surface area contributed by atoms with Crippen LogP contribution in [0.5, 0.6) is 0 Å². The average Bonchev–Trinajstić information content (AvgIpc) is 2.77. The third kappa shape index (κ3) is 3.57. The van der Waals surface area contributed by atoms with Gasteiger partial charge in [-0.2, -0.15) is 5.10 Å². The molecule has 0 bridgehead atoms. The van der Waals surface area contributed by atoms with Gasteiger partial charge in [-0.25, -0.2) is 4.98 Å². The van der Waals surface area contributed by atoms with E-state index in [1.165, 1.54) is 0 Å². The number of aromatic nitrogens is 2. The number of hydrazone groups is 1. The van der Waals surface area contributed by atoms with Crippen molar-refractivity contribution < 1.29 is 0 Å². The number of nitrogens with one attached hydrogen (secondary N) is 1. The lowest BCUT2D eigenvalue weighted by Gasteiger charge is -2.06. The van der Waals surface area contributed by atoms with Crippen LogP contribution in [0.4, 0.5) is 5.69 Å². The van der Waals surface area contributed by atoms with Crippen LogP contribution < -0.4 is 5.43 Å². The van der Waals surface area contributed by atoms with Crippen LogP contribution in [0, 0.1) is 10.5 Å². The molecule has 1 aromatic carbocycles. The van der Waals surface area contributed by atoms with Crippen molar-refractivity contribution in [2.75, 3.05) is 5.43 Å². The highest BCUT2D eigenvalue weighted by Crippen LogP contribution is 2.33. The fourth-order valence-electron chi connectivity index (χ4n) is 2.12. The molecule has 23 heavy (non-hydrogen) atoms. The molecule has 3 rings (SSSR count). The number of anilines is 1. The first-order chi connectivity index (χ1) is 11.0. The Morgan fingerprint density at radius 2 is 1.91 bits per heavy atom. The van der Waals surface area contributed by atoms with E-state index in [4.69, 9.17) is 34.8 Å². The number of imidazole rings is 1. The molecule has 8 heteroatoms. The summed E-state index contributed by atoms with van der Waals surface area (Å²) in [6.07, 6.45) is 3.69. The quantitative estimate of drug-likeness (QED) is 0.300. The highest BCUT2D eigenvalue weighted by molar-refractivity contribution is 14.1. The van der Waals surface area contributed by atoms with Crippen LogP contribution in [0.1, 0.15) is 11.4 Å². The largest absolute Gasteiger partial charge is 0.297 e. The molecule has 0 radical (unpaired) electrons. The van der Waals surface area contributed by atoms with Crippen LogP contribution >= 0.6 is 57.4 Å². The van der Waals surface area contributed by atoms with Crippen molar-refractivity contribution in [3.05, 3.63) is 60.5 Å². The lowest BCUT2D eigenvalue weighted by atomic mass is 10.3. The topological polar surface area (TPSA) is 41.7 Å². The van der Waals surface area contributed by atoms with Gasteiger partial charge in [0.15, 0.2) is 0 Å². The highest BCUT2D eigenvalue weighted by Gasteiger charge is 2.08. The number of hydrogen-bond donors (Lipinski definition) is 1. The smallest absolute Gasteiger partial charge is 0.137 e. The first-order valence-corrected chi connectivity index (χ1v) is 8.75. The summed E-state index contributed by atoms with van der Waals surface area (Å²) >= 11 is 20.4. The Hall–Kier alpha value is -1.02. The van der Waals surface area contributed by atoms with Crippen LogP contribution in [0.25, 0.3) is 5.65 Å². The van der Waals surface area contributed by atoms with Crippen molar-refractivity contribution in [2.45, 2.75) is 6.92 Å². The van der Waals surface area contributed by atoms with Crippen LogP contribution in [-0.4, -0.2) is 15.6 Å². The molecule has 4 nitrogen and oxygen atoms in total. The number of hydrogen-bond acceptors (Lipinski definition) is 3. The minimum atomic E-state index is 0.407. The summed E-state index contributed by atoms with van der Waals surface area (Å²) in [5.74, 6) is 0. The summed E-state index contributed by atoms with van der Waals surface area (Å²) in [5.41, 5.74) is 6.00. The van der Waals surface area contributed by atoms with E-state index in [1.54, 1.807) is 18.3 Å². The molecule has 2 aromatic heterocycles. The van der Waals surface area contributed by atoms with Crippen LogP contribution in [0.3, 0.4) is 0 Å². The van der Waals surface area contributed by atoms with Gasteiger partial charge in [-0.1, -0.05) is 34.8 Å². The second-order valence-electron chi connectivity index (χ2n) is 4.77.